The normalized spacial score (nSPS) is 35.7. The quantitative estimate of drug-likeness (QED) is 0.139. The summed E-state index contributed by atoms with van der Waals surface area (Å²) in [5.41, 5.74) is -1.03. The molecule has 2 rings (SSSR count). The van der Waals surface area contributed by atoms with Crippen LogP contribution in [-0.4, -0.2) is 81.2 Å². The van der Waals surface area contributed by atoms with Gasteiger partial charge in [0, 0.05) is 18.8 Å². The number of carbonyl (C=O) groups excluding carboxylic acids is 2. The van der Waals surface area contributed by atoms with Crippen molar-refractivity contribution in [2.75, 3.05) is 6.61 Å². The predicted molar refractivity (Wildman–Crippen MR) is 146 cm³/mol. The standard InChI is InChI=1S/C30H48O9/c1-7-24(33)21(5)29-25(38-29)15-18(2)9-8-10-19(3)28-20(4)11-12-26(34)30(36,17-37-22(6)31)14-13-23(32)16-27(35)39-28/h8-12,18,20-21,23-26,28-29,32-34,36H,7,13-17H2,1-6H3/b9-8+,12-11+,19-10+/t18-,20-,21+,23-,24-,25-,26-,28+,29+,30+/m0/s1. The third kappa shape index (κ3) is 10.5. The van der Waals surface area contributed by atoms with Crippen LogP contribution in [0.15, 0.2) is 36.0 Å². The molecule has 2 aliphatic heterocycles. The Bertz CT molecular complexity index is 897. The molecule has 39 heavy (non-hydrogen) atoms. The average Bonchev–Trinajstić information content (AvgIpc) is 3.64. The van der Waals surface area contributed by atoms with Crippen LogP contribution < -0.4 is 0 Å². The summed E-state index contributed by atoms with van der Waals surface area (Å²) in [4.78, 5) is 23.9. The first-order valence-corrected chi connectivity index (χ1v) is 14.1. The van der Waals surface area contributed by atoms with Gasteiger partial charge in [-0.1, -0.05) is 58.1 Å². The molecular formula is C30H48O9. The van der Waals surface area contributed by atoms with Gasteiger partial charge in [0.05, 0.1) is 30.8 Å². The van der Waals surface area contributed by atoms with Gasteiger partial charge in [-0.3, -0.25) is 9.59 Å². The molecule has 0 unspecified atom stereocenters. The molecule has 9 nitrogen and oxygen atoms in total. The van der Waals surface area contributed by atoms with E-state index >= 15 is 0 Å². The summed E-state index contributed by atoms with van der Waals surface area (Å²) in [5, 5.41) is 42.1. The molecule has 222 valence electrons. The Labute approximate surface area is 232 Å². The van der Waals surface area contributed by atoms with E-state index in [0.717, 1.165) is 12.0 Å². The molecule has 10 atom stereocenters. The number of esters is 2. The smallest absolute Gasteiger partial charge is 0.309 e. The number of aliphatic hydroxyl groups is 4. The summed E-state index contributed by atoms with van der Waals surface area (Å²) in [6.45, 7) is 10.5. The molecule has 0 bridgehead atoms. The van der Waals surface area contributed by atoms with E-state index < -0.39 is 42.5 Å². The maximum absolute atomic E-state index is 12.6. The van der Waals surface area contributed by atoms with Crippen molar-refractivity contribution in [3.63, 3.8) is 0 Å². The summed E-state index contributed by atoms with van der Waals surface area (Å²) in [6.07, 6.45) is 6.93. The van der Waals surface area contributed by atoms with Crippen molar-refractivity contribution >= 4 is 11.9 Å². The third-order valence-electron chi connectivity index (χ3n) is 7.74. The number of ether oxygens (including phenoxy) is 3. The topological polar surface area (TPSA) is 146 Å². The number of rotatable bonds is 10. The fourth-order valence-electron chi connectivity index (χ4n) is 4.94. The van der Waals surface area contributed by atoms with Crippen molar-refractivity contribution in [1.82, 2.24) is 0 Å². The van der Waals surface area contributed by atoms with E-state index in [1.807, 2.05) is 39.8 Å². The first-order valence-electron chi connectivity index (χ1n) is 14.1. The van der Waals surface area contributed by atoms with E-state index in [1.54, 1.807) is 6.08 Å². The lowest BCUT2D eigenvalue weighted by molar-refractivity contribution is -0.157. The van der Waals surface area contributed by atoms with Gasteiger partial charge in [0.15, 0.2) is 0 Å². The van der Waals surface area contributed by atoms with Crippen LogP contribution in [0.4, 0.5) is 0 Å². The molecule has 9 heteroatoms. The Kier molecular flexibility index (Phi) is 12.8. The maximum atomic E-state index is 12.6. The SMILES string of the molecule is CC[C@H](O)[C@@H](C)[C@H]1O[C@H]1C[C@@H](C)/C=C/C=C(\C)[C@H]1OC(=O)C[C@@H](O)CC[C@@](O)(COC(C)=O)[C@@H](O)/C=C/[C@@H]1C. The van der Waals surface area contributed by atoms with Crippen LogP contribution in [0.1, 0.15) is 73.6 Å². The average molecular weight is 553 g/mol. The van der Waals surface area contributed by atoms with Crippen molar-refractivity contribution in [3.05, 3.63) is 36.0 Å². The van der Waals surface area contributed by atoms with Crippen LogP contribution in [0, 0.1) is 17.8 Å². The van der Waals surface area contributed by atoms with Crippen molar-refractivity contribution in [2.45, 2.75) is 116 Å². The van der Waals surface area contributed by atoms with Gasteiger partial charge in [-0.15, -0.1) is 0 Å². The Hall–Kier alpha value is -2.04. The highest BCUT2D eigenvalue weighted by molar-refractivity contribution is 5.70. The molecule has 0 aromatic carbocycles. The number of aliphatic hydroxyl groups excluding tert-OH is 3. The van der Waals surface area contributed by atoms with Crippen molar-refractivity contribution in [3.8, 4) is 0 Å². The summed E-state index contributed by atoms with van der Waals surface area (Å²) in [6, 6.07) is 0. The molecule has 2 aliphatic rings. The van der Waals surface area contributed by atoms with E-state index in [2.05, 4.69) is 13.0 Å². The van der Waals surface area contributed by atoms with Gasteiger partial charge >= 0.3 is 11.9 Å². The molecular weight excluding hydrogens is 504 g/mol. The minimum Gasteiger partial charge on any atom is -0.463 e. The molecule has 0 saturated carbocycles. The molecule has 2 heterocycles. The number of epoxide rings is 1. The van der Waals surface area contributed by atoms with Crippen LogP contribution in [-0.2, 0) is 23.8 Å². The van der Waals surface area contributed by atoms with E-state index in [0.29, 0.717) is 6.42 Å². The number of allylic oxidation sites excluding steroid dienone is 3. The summed E-state index contributed by atoms with van der Waals surface area (Å²) >= 11 is 0. The lowest BCUT2D eigenvalue weighted by atomic mass is 9.88. The maximum Gasteiger partial charge on any atom is 0.309 e. The van der Waals surface area contributed by atoms with Gasteiger partial charge in [0.1, 0.15) is 24.4 Å². The van der Waals surface area contributed by atoms with Crippen LogP contribution in [0.5, 0.6) is 0 Å². The zero-order chi connectivity index (χ0) is 29.3. The molecule has 0 spiro atoms. The molecule has 0 aromatic rings. The fourth-order valence-corrected chi connectivity index (χ4v) is 4.94. The zero-order valence-corrected chi connectivity index (χ0v) is 24.2. The number of cyclic esters (lactones) is 1. The molecule has 0 aliphatic carbocycles. The van der Waals surface area contributed by atoms with Crippen LogP contribution in [0.25, 0.3) is 0 Å². The number of carbonyl (C=O) groups is 2. The predicted octanol–water partition coefficient (Wildman–Crippen LogP) is 2.99. The highest BCUT2D eigenvalue weighted by Crippen LogP contribution is 2.36. The first kappa shape index (κ1) is 33.2. The van der Waals surface area contributed by atoms with Gasteiger partial charge in [0.2, 0.25) is 0 Å². The summed E-state index contributed by atoms with van der Waals surface area (Å²) < 4.78 is 16.5. The first-order chi connectivity index (χ1) is 18.3. The lowest BCUT2D eigenvalue weighted by Crippen LogP contribution is -2.47. The Balaban J connectivity index is 2.10. The Morgan fingerprint density at radius 2 is 1.95 bits per heavy atom. The second-order valence-electron chi connectivity index (χ2n) is 11.4. The number of hydrogen-bond acceptors (Lipinski definition) is 9. The Morgan fingerprint density at radius 3 is 2.59 bits per heavy atom. The zero-order valence-electron chi connectivity index (χ0n) is 24.2. The summed E-state index contributed by atoms with van der Waals surface area (Å²) in [5.74, 6) is -1.17. The van der Waals surface area contributed by atoms with E-state index in [4.69, 9.17) is 14.2 Å². The molecule has 4 N–H and O–H groups in total. The number of hydrogen-bond donors (Lipinski definition) is 4. The van der Waals surface area contributed by atoms with Crippen molar-refractivity contribution in [1.29, 1.82) is 0 Å². The van der Waals surface area contributed by atoms with Gasteiger partial charge < -0.3 is 34.6 Å². The summed E-state index contributed by atoms with van der Waals surface area (Å²) in [7, 11) is 0. The van der Waals surface area contributed by atoms with E-state index in [9.17, 15) is 30.0 Å². The van der Waals surface area contributed by atoms with Crippen molar-refractivity contribution < 1.29 is 44.2 Å². The second kappa shape index (κ2) is 15.1. The highest BCUT2D eigenvalue weighted by Gasteiger charge is 2.45. The van der Waals surface area contributed by atoms with Crippen LogP contribution in [0.3, 0.4) is 0 Å². The molecule has 0 amide bonds. The molecule has 0 radical (unpaired) electrons. The largest absolute Gasteiger partial charge is 0.463 e. The minimum atomic E-state index is -1.80. The van der Waals surface area contributed by atoms with Crippen molar-refractivity contribution in [2.24, 2.45) is 17.8 Å². The van der Waals surface area contributed by atoms with Gasteiger partial charge in [-0.2, -0.15) is 0 Å². The van der Waals surface area contributed by atoms with E-state index in [1.165, 1.54) is 13.0 Å². The monoisotopic (exact) mass is 552 g/mol. The van der Waals surface area contributed by atoms with E-state index in [-0.39, 0.29) is 55.3 Å². The Morgan fingerprint density at radius 1 is 1.26 bits per heavy atom. The second-order valence-corrected chi connectivity index (χ2v) is 11.4. The molecule has 1 saturated heterocycles. The third-order valence-corrected chi connectivity index (χ3v) is 7.74. The van der Waals surface area contributed by atoms with Gasteiger partial charge in [-0.05, 0) is 44.1 Å². The van der Waals surface area contributed by atoms with Crippen LogP contribution >= 0.6 is 0 Å². The van der Waals surface area contributed by atoms with Crippen LogP contribution in [0.2, 0.25) is 0 Å². The fraction of sp³-hybridized carbons (Fsp3) is 0.733. The van der Waals surface area contributed by atoms with Gasteiger partial charge in [0.25, 0.3) is 0 Å². The minimum absolute atomic E-state index is 0.00911. The lowest BCUT2D eigenvalue weighted by Gasteiger charge is -2.32. The van der Waals surface area contributed by atoms with Gasteiger partial charge in [-0.25, -0.2) is 0 Å². The molecule has 0 aromatic heterocycles. The molecule has 1 fully saturated rings. The highest BCUT2D eigenvalue weighted by atomic mass is 16.6.